The van der Waals surface area contributed by atoms with Crippen LogP contribution in [0.1, 0.15) is 0 Å². The molecule has 5 rings (SSSR count). The van der Waals surface area contributed by atoms with E-state index in [-0.39, 0.29) is 18.5 Å². The van der Waals surface area contributed by atoms with Crippen molar-refractivity contribution in [3.8, 4) is 28.4 Å². The van der Waals surface area contributed by atoms with Crippen molar-refractivity contribution in [2.75, 3.05) is 17.9 Å². The summed E-state index contributed by atoms with van der Waals surface area (Å²) in [6, 6.07) is 25.2. The topological polar surface area (TPSA) is 65.4 Å². The van der Waals surface area contributed by atoms with Crippen LogP contribution in [-0.2, 0) is 4.79 Å². The molecule has 0 saturated heterocycles. The molecule has 0 atom stereocenters. The number of nitrogens with one attached hydrogen (secondary N) is 1. The van der Waals surface area contributed by atoms with Crippen LogP contribution in [-0.4, -0.2) is 28.0 Å². The Morgan fingerprint density at radius 2 is 1.71 bits per heavy atom. The van der Waals surface area contributed by atoms with E-state index >= 15 is 0 Å². The van der Waals surface area contributed by atoms with Gasteiger partial charge in [-0.05, 0) is 42.5 Å². The van der Waals surface area contributed by atoms with E-state index in [2.05, 4.69) is 5.32 Å². The summed E-state index contributed by atoms with van der Waals surface area (Å²) >= 11 is 1.39. The number of rotatable bonds is 6. The van der Waals surface area contributed by atoms with Crippen LogP contribution in [0.2, 0.25) is 0 Å². The van der Waals surface area contributed by atoms with Crippen LogP contribution in [0.5, 0.6) is 11.5 Å². The van der Waals surface area contributed by atoms with E-state index in [1.165, 1.54) is 11.8 Å². The molecule has 1 aromatic heterocycles. The highest BCUT2D eigenvalue weighted by atomic mass is 32.2. The van der Waals surface area contributed by atoms with Gasteiger partial charge in [0.05, 0.1) is 11.4 Å². The van der Waals surface area contributed by atoms with E-state index in [9.17, 15) is 4.79 Å². The number of para-hydroxylation sites is 2. The Bertz CT molecular complexity index is 1210. The van der Waals surface area contributed by atoms with Crippen molar-refractivity contribution in [1.29, 1.82) is 0 Å². The summed E-state index contributed by atoms with van der Waals surface area (Å²) < 4.78 is 12.9. The van der Waals surface area contributed by atoms with E-state index < -0.39 is 0 Å². The first-order chi connectivity index (χ1) is 15.3. The molecule has 0 radical (unpaired) electrons. The molecule has 0 saturated carbocycles. The molecular formula is C24H19N3O3S. The Kier molecular flexibility index (Phi) is 5.33. The lowest BCUT2D eigenvalue weighted by atomic mass is 10.1. The predicted molar refractivity (Wildman–Crippen MR) is 121 cm³/mol. The van der Waals surface area contributed by atoms with Gasteiger partial charge in [-0.2, -0.15) is 0 Å². The van der Waals surface area contributed by atoms with Gasteiger partial charge < -0.3 is 14.8 Å². The summed E-state index contributed by atoms with van der Waals surface area (Å²) in [7, 11) is 0. The van der Waals surface area contributed by atoms with Crippen molar-refractivity contribution in [3.05, 3.63) is 85.1 Å². The van der Waals surface area contributed by atoms with Gasteiger partial charge >= 0.3 is 0 Å². The van der Waals surface area contributed by atoms with E-state index in [0.29, 0.717) is 5.75 Å². The number of amides is 1. The summed E-state index contributed by atoms with van der Waals surface area (Å²) in [6.07, 6.45) is 1.98. The molecule has 1 amide bonds. The van der Waals surface area contributed by atoms with Crippen LogP contribution in [0.3, 0.4) is 0 Å². The highest BCUT2D eigenvalue weighted by Crippen LogP contribution is 2.36. The Morgan fingerprint density at radius 1 is 0.968 bits per heavy atom. The molecule has 3 aromatic carbocycles. The number of fused-ring (bicyclic) bond motifs is 1. The molecular weight excluding hydrogens is 410 g/mol. The van der Waals surface area contributed by atoms with Gasteiger partial charge in [0.1, 0.15) is 0 Å². The Morgan fingerprint density at radius 3 is 2.52 bits per heavy atom. The minimum atomic E-state index is -0.0801. The molecule has 31 heavy (non-hydrogen) atoms. The molecule has 0 fully saturated rings. The van der Waals surface area contributed by atoms with Gasteiger partial charge in [-0.1, -0.05) is 48.2 Å². The maximum absolute atomic E-state index is 12.4. The van der Waals surface area contributed by atoms with Crippen LogP contribution in [0.25, 0.3) is 16.9 Å². The third-order valence-corrected chi connectivity index (χ3v) is 5.72. The molecule has 1 aliphatic heterocycles. The number of imidazole rings is 1. The fraction of sp³-hybridized carbons (Fsp3) is 0.0833. The lowest BCUT2D eigenvalue weighted by Crippen LogP contribution is -2.14. The molecule has 4 aromatic rings. The zero-order chi connectivity index (χ0) is 21.0. The molecule has 0 spiro atoms. The molecule has 154 valence electrons. The Hall–Kier alpha value is -3.71. The van der Waals surface area contributed by atoms with Crippen molar-refractivity contribution >= 4 is 23.4 Å². The first-order valence-electron chi connectivity index (χ1n) is 9.79. The Labute approximate surface area is 183 Å². The largest absolute Gasteiger partial charge is 0.454 e. The summed E-state index contributed by atoms with van der Waals surface area (Å²) in [4.78, 5) is 17.2. The standard InChI is InChI=1S/C24H19N3O3S/c28-23(25-18-7-3-1-4-8-18)15-31-24-26-20(14-27(24)19-9-5-2-6-10-19)17-11-12-21-22(13-17)30-16-29-21/h1-14H,15-16H2,(H,25,28). The average molecular weight is 430 g/mol. The van der Waals surface area contributed by atoms with Gasteiger partial charge in [-0.3, -0.25) is 9.36 Å². The second-order valence-corrected chi connectivity index (χ2v) is 7.83. The number of anilines is 1. The molecule has 1 N–H and O–H groups in total. The highest BCUT2D eigenvalue weighted by molar-refractivity contribution is 7.99. The van der Waals surface area contributed by atoms with Gasteiger partial charge in [0, 0.05) is 23.1 Å². The lowest BCUT2D eigenvalue weighted by molar-refractivity contribution is -0.113. The summed E-state index contributed by atoms with van der Waals surface area (Å²) in [5, 5.41) is 3.65. The smallest absolute Gasteiger partial charge is 0.234 e. The van der Waals surface area contributed by atoms with Crippen molar-refractivity contribution in [2.24, 2.45) is 0 Å². The van der Waals surface area contributed by atoms with Gasteiger partial charge in [0.25, 0.3) is 0 Å². The third-order valence-electron chi connectivity index (χ3n) is 4.77. The lowest BCUT2D eigenvalue weighted by Gasteiger charge is -2.07. The number of carbonyl (C=O) groups is 1. The van der Waals surface area contributed by atoms with E-state index in [1.54, 1.807) is 0 Å². The number of hydrogen-bond acceptors (Lipinski definition) is 5. The zero-order valence-corrected chi connectivity index (χ0v) is 17.3. The van der Waals surface area contributed by atoms with E-state index in [4.69, 9.17) is 14.5 Å². The second-order valence-electron chi connectivity index (χ2n) is 6.89. The number of benzene rings is 3. The molecule has 0 bridgehead atoms. The number of carbonyl (C=O) groups excluding carboxylic acids is 1. The normalized spacial score (nSPS) is 12.0. The van der Waals surface area contributed by atoms with Crippen molar-refractivity contribution in [1.82, 2.24) is 9.55 Å². The summed E-state index contributed by atoms with van der Waals surface area (Å²) in [5.74, 6) is 1.62. The number of hydrogen-bond donors (Lipinski definition) is 1. The third kappa shape index (κ3) is 4.27. The maximum atomic E-state index is 12.4. The average Bonchev–Trinajstić information content (AvgIpc) is 3.45. The zero-order valence-electron chi connectivity index (χ0n) is 16.5. The van der Waals surface area contributed by atoms with Crippen LogP contribution < -0.4 is 14.8 Å². The number of thioether (sulfide) groups is 1. The van der Waals surface area contributed by atoms with Crippen LogP contribution in [0, 0.1) is 0 Å². The van der Waals surface area contributed by atoms with E-state index in [1.807, 2.05) is 89.6 Å². The van der Waals surface area contributed by atoms with Gasteiger partial charge in [-0.15, -0.1) is 0 Å². The van der Waals surface area contributed by atoms with E-state index in [0.717, 1.165) is 33.5 Å². The van der Waals surface area contributed by atoms with Gasteiger partial charge in [0.2, 0.25) is 12.7 Å². The monoisotopic (exact) mass is 429 g/mol. The molecule has 1 aliphatic rings. The van der Waals surface area contributed by atoms with Crippen LogP contribution in [0.4, 0.5) is 5.69 Å². The first kappa shape index (κ1) is 19.3. The van der Waals surface area contributed by atoms with Crippen molar-refractivity contribution < 1.29 is 14.3 Å². The van der Waals surface area contributed by atoms with Gasteiger partial charge in [-0.25, -0.2) is 4.98 Å². The predicted octanol–water partition coefficient (Wildman–Crippen LogP) is 5.00. The number of nitrogens with zero attached hydrogens (tertiary/aromatic N) is 2. The Balaban J connectivity index is 1.41. The maximum Gasteiger partial charge on any atom is 0.234 e. The SMILES string of the molecule is O=C(CSc1nc(-c2ccc3c(c2)OCO3)cn1-c1ccccc1)Nc1ccccc1. The molecule has 0 unspecified atom stereocenters. The quantitative estimate of drug-likeness (QED) is 0.437. The molecule has 6 nitrogen and oxygen atoms in total. The fourth-order valence-corrected chi connectivity index (χ4v) is 4.07. The minimum Gasteiger partial charge on any atom is -0.454 e. The van der Waals surface area contributed by atoms with Crippen LogP contribution >= 0.6 is 11.8 Å². The molecule has 2 heterocycles. The fourth-order valence-electron chi connectivity index (χ4n) is 3.28. The first-order valence-corrected chi connectivity index (χ1v) is 10.8. The highest BCUT2D eigenvalue weighted by Gasteiger charge is 2.17. The summed E-state index contributed by atoms with van der Waals surface area (Å²) in [5.41, 5.74) is 3.48. The van der Waals surface area contributed by atoms with Gasteiger partial charge in [0.15, 0.2) is 16.7 Å². The molecule has 7 heteroatoms. The molecule has 0 aliphatic carbocycles. The van der Waals surface area contributed by atoms with Crippen LogP contribution in [0.15, 0.2) is 90.2 Å². The summed E-state index contributed by atoms with van der Waals surface area (Å²) in [6.45, 7) is 0.231. The minimum absolute atomic E-state index is 0.0801. The van der Waals surface area contributed by atoms with Crippen molar-refractivity contribution in [2.45, 2.75) is 5.16 Å². The second kappa shape index (κ2) is 8.57. The number of ether oxygens (including phenoxy) is 2. The number of aromatic nitrogens is 2. The van der Waals surface area contributed by atoms with Crippen molar-refractivity contribution in [3.63, 3.8) is 0 Å².